The van der Waals surface area contributed by atoms with Gasteiger partial charge >= 0.3 is 0 Å². The van der Waals surface area contributed by atoms with Crippen molar-refractivity contribution in [2.24, 2.45) is 10.8 Å². The van der Waals surface area contributed by atoms with Crippen LogP contribution >= 0.6 is 0 Å². The maximum Gasteiger partial charge on any atom is 0.0415 e. The van der Waals surface area contributed by atoms with Gasteiger partial charge in [0.05, 0.1) is 0 Å². The van der Waals surface area contributed by atoms with E-state index in [1.807, 2.05) is 0 Å². The maximum absolute atomic E-state index is 4.92. The van der Waals surface area contributed by atoms with Gasteiger partial charge in [0.1, 0.15) is 0 Å². The van der Waals surface area contributed by atoms with E-state index in [-0.39, 0.29) is 16.2 Å². The van der Waals surface area contributed by atoms with Gasteiger partial charge < -0.3 is 0 Å². The summed E-state index contributed by atoms with van der Waals surface area (Å²) >= 11 is 0. The smallest absolute Gasteiger partial charge is 0.0415 e. The molecule has 1 aromatic rings. The van der Waals surface area contributed by atoms with Gasteiger partial charge in [0.15, 0.2) is 0 Å². The van der Waals surface area contributed by atoms with Crippen LogP contribution in [0.2, 0.25) is 0 Å². The van der Waals surface area contributed by atoms with E-state index in [4.69, 9.17) is 4.98 Å². The Kier molecular flexibility index (Phi) is 4.73. The average Bonchev–Trinajstić information content (AvgIpc) is 2.09. The molecule has 114 valence electrons. The van der Waals surface area contributed by atoms with E-state index in [1.165, 1.54) is 17.0 Å². The number of aromatic nitrogens is 1. The number of nitrogens with zero attached hydrogens (tertiary/aromatic N) is 1. The molecule has 0 atom stereocenters. The summed E-state index contributed by atoms with van der Waals surface area (Å²) in [7, 11) is 0. The number of hydrogen-bond acceptors (Lipinski definition) is 1. The van der Waals surface area contributed by atoms with Crippen molar-refractivity contribution in [3.8, 4) is 0 Å². The molecular weight excluding hydrogens is 242 g/mol. The van der Waals surface area contributed by atoms with Gasteiger partial charge in [-0.2, -0.15) is 0 Å². The lowest BCUT2D eigenvalue weighted by molar-refractivity contribution is 0.394. The third kappa shape index (κ3) is 6.07. The molecule has 0 saturated heterocycles. The molecule has 0 saturated carbocycles. The Balaban J connectivity index is 3.22. The van der Waals surface area contributed by atoms with Gasteiger partial charge in [-0.05, 0) is 46.8 Å². The van der Waals surface area contributed by atoms with Crippen molar-refractivity contribution in [2.45, 2.75) is 80.6 Å². The van der Waals surface area contributed by atoms with E-state index >= 15 is 0 Å². The van der Waals surface area contributed by atoms with Crippen LogP contribution in [0.15, 0.2) is 12.1 Å². The van der Waals surface area contributed by atoms with Crippen LogP contribution in [0.3, 0.4) is 0 Å². The summed E-state index contributed by atoms with van der Waals surface area (Å²) in [6.45, 7) is 20.5. The summed E-state index contributed by atoms with van der Waals surface area (Å²) in [5, 5.41) is 0. The molecule has 1 aromatic heterocycles. The highest BCUT2D eigenvalue weighted by Gasteiger charge is 2.21. The topological polar surface area (TPSA) is 12.9 Å². The van der Waals surface area contributed by atoms with Crippen LogP contribution in [0, 0.1) is 10.8 Å². The van der Waals surface area contributed by atoms with Crippen molar-refractivity contribution >= 4 is 0 Å². The first-order valence-electron chi connectivity index (χ1n) is 7.77. The predicted octanol–water partition coefficient (Wildman–Crippen LogP) is 5.56. The third-order valence-electron chi connectivity index (χ3n) is 3.22. The average molecular weight is 275 g/mol. The number of rotatable bonds is 2. The fourth-order valence-corrected chi connectivity index (χ4v) is 2.35. The minimum absolute atomic E-state index is 0.183. The Bertz CT molecular complexity index is 416. The molecule has 0 aromatic carbocycles. The van der Waals surface area contributed by atoms with E-state index < -0.39 is 0 Å². The lowest BCUT2D eigenvalue weighted by Crippen LogP contribution is -2.18. The molecule has 1 heteroatoms. The minimum Gasteiger partial charge on any atom is -0.258 e. The first-order valence-corrected chi connectivity index (χ1v) is 7.77. The second-order valence-corrected chi connectivity index (χ2v) is 9.56. The first-order chi connectivity index (χ1) is 8.76. The molecular formula is C19H33N. The molecule has 0 spiro atoms. The van der Waals surface area contributed by atoms with Crippen molar-refractivity contribution in [1.29, 1.82) is 0 Å². The van der Waals surface area contributed by atoms with Crippen molar-refractivity contribution in [2.75, 3.05) is 0 Å². The molecule has 0 N–H and O–H groups in total. The Hall–Kier alpha value is -0.850. The molecule has 0 aliphatic rings. The third-order valence-corrected chi connectivity index (χ3v) is 3.22. The predicted molar refractivity (Wildman–Crippen MR) is 89.3 cm³/mol. The van der Waals surface area contributed by atoms with Crippen LogP contribution in [0.25, 0.3) is 0 Å². The van der Waals surface area contributed by atoms with E-state index in [2.05, 4.69) is 74.4 Å². The van der Waals surface area contributed by atoms with Crippen molar-refractivity contribution in [3.05, 3.63) is 29.1 Å². The van der Waals surface area contributed by atoms with Crippen molar-refractivity contribution in [1.82, 2.24) is 4.98 Å². The molecule has 0 aliphatic carbocycles. The van der Waals surface area contributed by atoms with E-state index in [0.29, 0.717) is 0 Å². The zero-order valence-corrected chi connectivity index (χ0v) is 15.0. The highest BCUT2D eigenvalue weighted by Crippen LogP contribution is 2.28. The largest absolute Gasteiger partial charge is 0.258 e. The second kappa shape index (κ2) is 5.50. The molecule has 0 aliphatic heterocycles. The van der Waals surface area contributed by atoms with Gasteiger partial charge in [0.25, 0.3) is 0 Å². The molecule has 0 bridgehead atoms. The van der Waals surface area contributed by atoms with Crippen molar-refractivity contribution in [3.63, 3.8) is 0 Å². The monoisotopic (exact) mass is 275 g/mol. The van der Waals surface area contributed by atoms with Crippen LogP contribution in [-0.4, -0.2) is 4.98 Å². The zero-order valence-electron chi connectivity index (χ0n) is 15.0. The molecule has 0 radical (unpaired) electrons. The molecule has 1 nitrogen and oxygen atoms in total. The summed E-state index contributed by atoms with van der Waals surface area (Å²) in [5.41, 5.74) is 4.63. The number of hydrogen-bond donors (Lipinski definition) is 0. The SMILES string of the molecule is CC(C)(C)Cc1cc(C(C)(C)C)cc(CC(C)(C)C)n1. The normalized spacial score (nSPS) is 13.7. The summed E-state index contributed by atoms with van der Waals surface area (Å²) in [5.74, 6) is 0. The Morgan fingerprint density at radius 3 is 1.30 bits per heavy atom. The quantitative estimate of drug-likeness (QED) is 0.689. The van der Waals surface area contributed by atoms with Crippen molar-refractivity contribution < 1.29 is 0 Å². The molecule has 0 fully saturated rings. The van der Waals surface area contributed by atoms with Gasteiger partial charge in [0, 0.05) is 11.4 Å². The summed E-state index contributed by atoms with van der Waals surface area (Å²) in [6.07, 6.45) is 2.07. The van der Waals surface area contributed by atoms with Crippen LogP contribution < -0.4 is 0 Å². The Morgan fingerprint density at radius 1 is 0.700 bits per heavy atom. The minimum atomic E-state index is 0.183. The Labute approximate surface area is 126 Å². The lowest BCUT2D eigenvalue weighted by Gasteiger charge is -2.25. The fraction of sp³-hybridized carbons (Fsp3) is 0.737. The molecule has 0 unspecified atom stereocenters. The summed E-state index contributed by atoms with van der Waals surface area (Å²) < 4.78 is 0. The van der Waals surface area contributed by atoms with Gasteiger partial charge in [-0.15, -0.1) is 0 Å². The highest BCUT2D eigenvalue weighted by molar-refractivity contribution is 5.28. The number of pyridine rings is 1. The van der Waals surface area contributed by atoms with Gasteiger partial charge in [0.2, 0.25) is 0 Å². The molecule has 1 heterocycles. The van der Waals surface area contributed by atoms with E-state index in [0.717, 1.165) is 12.8 Å². The van der Waals surface area contributed by atoms with E-state index in [1.54, 1.807) is 0 Å². The van der Waals surface area contributed by atoms with E-state index in [9.17, 15) is 0 Å². The first kappa shape index (κ1) is 17.2. The molecule has 1 rings (SSSR count). The summed E-state index contributed by atoms with van der Waals surface area (Å²) in [4.78, 5) is 4.92. The Morgan fingerprint density at radius 2 is 1.05 bits per heavy atom. The summed E-state index contributed by atoms with van der Waals surface area (Å²) in [6, 6.07) is 4.61. The van der Waals surface area contributed by atoms with Crippen LogP contribution in [0.4, 0.5) is 0 Å². The van der Waals surface area contributed by atoms with Crippen LogP contribution in [-0.2, 0) is 18.3 Å². The fourth-order valence-electron chi connectivity index (χ4n) is 2.35. The van der Waals surface area contributed by atoms with Crippen LogP contribution in [0.1, 0.15) is 79.3 Å². The maximum atomic E-state index is 4.92. The van der Waals surface area contributed by atoms with Gasteiger partial charge in [-0.1, -0.05) is 62.3 Å². The second-order valence-electron chi connectivity index (χ2n) is 9.56. The van der Waals surface area contributed by atoms with Gasteiger partial charge in [-0.25, -0.2) is 0 Å². The lowest BCUT2D eigenvalue weighted by atomic mass is 9.82. The van der Waals surface area contributed by atoms with Gasteiger partial charge in [-0.3, -0.25) is 4.98 Å². The molecule has 20 heavy (non-hydrogen) atoms. The van der Waals surface area contributed by atoms with Crippen LogP contribution in [0.5, 0.6) is 0 Å². The molecule has 0 amide bonds. The standard InChI is InChI=1S/C19H33N/c1-17(2,3)12-15-10-14(19(7,8)9)11-16(20-15)13-18(4,5)6/h10-11H,12-13H2,1-9H3. The highest BCUT2D eigenvalue weighted by atomic mass is 14.7. The zero-order chi connectivity index (χ0) is 15.8.